The van der Waals surface area contributed by atoms with Crippen LogP contribution in [0.5, 0.6) is 0 Å². The molecule has 3 aromatic carbocycles. The van der Waals surface area contributed by atoms with Crippen LogP contribution in [-0.4, -0.2) is 124 Å². The minimum absolute atomic E-state index is 0.0425. The average Bonchev–Trinajstić information content (AvgIpc) is 3.67. The van der Waals surface area contributed by atoms with Crippen molar-refractivity contribution in [2.75, 3.05) is 39.5 Å². The quantitative estimate of drug-likeness (QED) is 0.0733. The van der Waals surface area contributed by atoms with Crippen molar-refractivity contribution >= 4 is 40.4 Å². The van der Waals surface area contributed by atoms with Crippen LogP contribution in [0.4, 0.5) is 0 Å². The number of morpholine rings is 1. The molecule has 1 saturated heterocycles. The number of rotatable bonds is 23. The number of carbonyl (C=O) groups excluding carboxylic acids is 5. The molecule has 62 heavy (non-hydrogen) atoms. The first kappa shape index (κ1) is 47.3. The van der Waals surface area contributed by atoms with Gasteiger partial charge in [0.15, 0.2) is 18.0 Å². The number of amides is 4. The number of hydrogen-bond donors (Lipinski definition) is 5. The molecular weight excluding hydrogens is 793 g/mol. The van der Waals surface area contributed by atoms with Crippen molar-refractivity contribution in [3.05, 3.63) is 96.1 Å². The molecule has 0 spiro atoms. The summed E-state index contributed by atoms with van der Waals surface area (Å²) in [6.45, 7) is 10.8. The third kappa shape index (κ3) is 14.5. The monoisotopic (exact) mass is 854 g/mol. The molecule has 1 fully saturated rings. The number of aliphatic hydroxyl groups is 1. The number of benzene rings is 3. The second-order valence-corrected chi connectivity index (χ2v) is 17.0. The molecule has 4 amide bonds. The summed E-state index contributed by atoms with van der Waals surface area (Å²) in [4.78, 5) is 78.9. The van der Waals surface area contributed by atoms with E-state index in [1.165, 1.54) is 6.92 Å². The van der Waals surface area contributed by atoms with Crippen LogP contribution in [0.3, 0.4) is 0 Å². The largest absolute Gasteiger partial charge is 0.391 e. The van der Waals surface area contributed by atoms with Crippen LogP contribution in [0.2, 0.25) is 0 Å². The van der Waals surface area contributed by atoms with E-state index in [4.69, 9.17) is 9.57 Å². The van der Waals surface area contributed by atoms with E-state index in [0.29, 0.717) is 43.8 Å². The Morgan fingerprint density at radius 3 is 1.94 bits per heavy atom. The minimum Gasteiger partial charge on any atom is -0.391 e. The fraction of sp³-hybridized carbons (Fsp3) is 0.500. The Morgan fingerprint density at radius 2 is 1.27 bits per heavy atom. The molecule has 4 aromatic rings. The van der Waals surface area contributed by atoms with E-state index >= 15 is 0 Å². The van der Waals surface area contributed by atoms with Gasteiger partial charge < -0.3 is 35.9 Å². The third-order valence-electron chi connectivity index (χ3n) is 10.6. The number of ether oxygens (including phenoxy) is 1. The number of nitrogens with zero attached hydrogens (tertiary/aromatic N) is 4. The van der Waals surface area contributed by atoms with Gasteiger partial charge in [-0.05, 0) is 72.9 Å². The van der Waals surface area contributed by atoms with Gasteiger partial charge in [-0.15, -0.1) is 5.10 Å². The molecule has 0 bridgehead atoms. The predicted molar refractivity (Wildman–Crippen MR) is 233 cm³/mol. The Kier molecular flexibility index (Phi) is 17.5. The highest BCUT2D eigenvalue weighted by Gasteiger charge is 2.40. The van der Waals surface area contributed by atoms with E-state index < -0.39 is 59.9 Å². The number of aryl methyl sites for hydroxylation is 1. The van der Waals surface area contributed by atoms with Crippen LogP contribution in [0.25, 0.3) is 11.0 Å². The lowest BCUT2D eigenvalue weighted by molar-refractivity contribution is -0.147. The van der Waals surface area contributed by atoms with Gasteiger partial charge in [0.1, 0.15) is 29.2 Å². The molecule has 5 atom stereocenters. The first-order valence-corrected chi connectivity index (χ1v) is 21.5. The summed E-state index contributed by atoms with van der Waals surface area (Å²) < 4.78 is 5.42. The van der Waals surface area contributed by atoms with Gasteiger partial charge in [0.2, 0.25) is 23.6 Å². The zero-order valence-corrected chi connectivity index (χ0v) is 36.4. The molecule has 16 heteroatoms. The summed E-state index contributed by atoms with van der Waals surface area (Å²) >= 11 is 0. The van der Waals surface area contributed by atoms with E-state index in [1.54, 1.807) is 24.3 Å². The van der Waals surface area contributed by atoms with E-state index in [-0.39, 0.29) is 50.0 Å². The number of aromatic nitrogens is 3. The van der Waals surface area contributed by atoms with Crippen molar-refractivity contribution in [1.82, 2.24) is 41.3 Å². The number of ketones is 1. The van der Waals surface area contributed by atoms with Crippen LogP contribution in [-0.2, 0) is 41.6 Å². The molecule has 1 aliphatic heterocycles. The number of fused-ring (bicyclic) bond motifs is 1. The summed E-state index contributed by atoms with van der Waals surface area (Å²) in [5, 5.41) is 31.0. The zero-order chi connectivity index (χ0) is 44.6. The maximum Gasteiger partial charge on any atom is 0.243 e. The molecule has 0 saturated carbocycles. The Bertz CT molecular complexity index is 2070. The van der Waals surface area contributed by atoms with Gasteiger partial charge in [-0.2, -0.15) is 0 Å². The second-order valence-electron chi connectivity index (χ2n) is 17.0. The summed E-state index contributed by atoms with van der Waals surface area (Å²) in [5.41, 5.74) is 0.795. The van der Waals surface area contributed by atoms with E-state index in [1.807, 2.05) is 93.3 Å². The summed E-state index contributed by atoms with van der Waals surface area (Å²) in [7, 11) is 0. The highest BCUT2D eigenvalue weighted by molar-refractivity contribution is 5.98. The van der Waals surface area contributed by atoms with Gasteiger partial charge in [-0.25, -0.2) is 0 Å². The average molecular weight is 855 g/mol. The molecule has 0 radical (unpaired) electrons. The number of carbonyl (C=O) groups is 5. The lowest BCUT2D eigenvalue weighted by Gasteiger charge is -2.30. The van der Waals surface area contributed by atoms with Crippen LogP contribution in [0, 0.1) is 11.8 Å². The zero-order valence-electron chi connectivity index (χ0n) is 36.4. The predicted octanol–water partition coefficient (Wildman–Crippen LogP) is 2.42. The number of para-hydroxylation sites is 1. The van der Waals surface area contributed by atoms with E-state index in [2.05, 4.69) is 31.6 Å². The topological polar surface area (TPSA) is 206 Å². The number of Topliss-reactive ketones (excluding diaryl/α,β-unsaturated/α-hetero) is 1. The molecule has 2 heterocycles. The highest BCUT2D eigenvalue weighted by Crippen LogP contribution is 2.17. The Morgan fingerprint density at radius 1 is 0.726 bits per heavy atom. The third-order valence-corrected chi connectivity index (χ3v) is 10.6. The van der Waals surface area contributed by atoms with Gasteiger partial charge in [0.25, 0.3) is 0 Å². The molecular formula is C46H62N8O8. The van der Waals surface area contributed by atoms with Gasteiger partial charge in [-0.1, -0.05) is 105 Å². The smallest absolute Gasteiger partial charge is 0.243 e. The molecule has 1 aromatic heterocycles. The highest BCUT2D eigenvalue weighted by atomic mass is 16.7. The first-order chi connectivity index (χ1) is 29.7. The van der Waals surface area contributed by atoms with Gasteiger partial charge >= 0.3 is 0 Å². The molecule has 5 rings (SSSR count). The van der Waals surface area contributed by atoms with Crippen molar-refractivity contribution in [2.45, 2.75) is 96.5 Å². The molecule has 5 N–H and O–H groups in total. The Hall–Kier alpha value is -5.71. The summed E-state index contributed by atoms with van der Waals surface area (Å²) in [6, 6.07) is 21.5. The van der Waals surface area contributed by atoms with Crippen molar-refractivity contribution in [3.63, 3.8) is 0 Å². The SMILES string of the molecule is CC(C)C[C@H](NC(=O)[C@H](CCc1ccccc1)NC(=O)CN1CCOCC1)C(=O)N[C@@H](Cc1ccccc1)C(=O)N[C@@H](CC(C)C)C(=O)[C@](C)(O)COn1nnc2ccccc21. The number of hydrogen-bond acceptors (Lipinski definition) is 11. The van der Waals surface area contributed by atoms with E-state index in [9.17, 15) is 29.1 Å². The second kappa shape index (κ2) is 22.9. The molecule has 16 nitrogen and oxygen atoms in total. The standard InChI is InChI=1S/C46H62N8O8/c1-31(2)26-37(42(56)46(5,60)30-62-54-40-19-13-12-18-35(40)51-52-54)48-45(59)39(28-34-16-10-7-11-17-34)50-44(58)38(27-32(3)4)49-43(57)36(21-20-33-14-8-6-9-15-33)47-41(55)29-53-22-24-61-25-23-53/h6-19,31-32,36-39,60H,20-30H2,1-5H3,(H,47,55)(H,48,59)(H,49,57)(H,50,58)/t36-,37-,38-,39-,46+/m0/s1. The van der Waals surface area contributed by atoms with Crippen LogP contribution < -0.4 is 26.1 Å². The molecule has 0 aliphatic carbocycles. The normalized spacial score (nSPS) is 16.1. The maximum absolute atomic E-state index is 14.3. The van der Waals surface area contributed by atoms with E-state index in [0.717, 1.165) is 16.0 Å². The van der Waals surface area contributed by atoms with Crippen LogP contribution in [0.15, 0.2) is 84.9 Å². The van der Waals surface area contributed by atoms with Crippen molar-refractivity contribution in [2.24, 2.45) is 11.8 Å². The fourth-order valence-electron chi connectivity index (χ4n) is 7.28. The molecule has 334 valence electrons. The lowest BCUT2D eigenvalue weighted by Crippen LogP contribution is -2.60. The lowest BCUT2D eigenvalue weighted by atomic mass is 9.90. The van der Waals surface area contributed by atoms with Gasteiger partial charge in [-0.3, -0.25) is 28.9 Å². The summed E-state index contributed by atoms with van der Waals surface area (Å²) in [5.74, 6) is -2.88. The van der Waals surface area contributed by atoms with Gasteiger partial charge in [0.05, 0.1) is 25.8 Å². The van der Waals surface area contributed by atoms with Crippen molar-refractivity contribution in [3.8, 4) is 0 Å². The van der Waals surface area contributed by atoms with Crippen molar-refractivity contribution in [1.29, 1.82) is 0 Å². The van der Waals surface area contributed by atoms with Crippen LogP contribution in [0.1, 0.15) is 65.0 Å². The molecule has 0 unspecified atom stereocenters. The Balaban J connectivity index is 1.32. The molecule has 1 aliphatic rings. The Labute approximate surface area is 363 Å². The summed E-state index contributed by atoms with van der Waals surface area (Å²) in [6.07, 6.45) is 1.29. The van der Waals surface area contributed by atoms with Crippen molar-refractivity contribution < 1.29 is 38.7 Å². The first-order valence-electron chi connectivity index (χ1n) is 21.5. The number of nitrogens with one attached hydrogen (secondary N) is 4. The fourth-order valence-corrected chi connectivity index (χ4v) is 7.28. The van der Waals surface area contributed by atoms with Crippen LogP contribution >= 0.6 is 0 Å². The van der Waals surface area contributed by atoms with Gasteiger partial charge in [0, 0.05) is 19.5 Å². The minimum atomic E-state index is -2.06. The maximum atomic E-state index is 14.3.